The van der Waals surface area contributed by atoms with Crippen LogP contribution in [0.1, 0.15) is 6.92 Å². The summed E-state index contributed by atoms with van der Waals surface area (Å²) < 4.78 is 31.9. The van der Waals surface area contributed by atoms with Gasteiger partial charge in [0.25, 0.3) is 0 Å². The second kappa shape index (κ2) is 8.97. The fraction of sp³-hybridized carbons (Fsp3) is 0.500. The molecular formula is C16H24N4O5S. The quantitative estimate of drug-likeness (QED) is 0.731. The molecule has 10 heteroatoms. The van der Waals surface area contributed by atoms with Crippen molar-refractivity contribution in [2.75, 3.05) is 51.7 Å². The monoisotopic (exact) mass is 384 g/mol. The van der Waals surface area contributed by atoms with E-state index in [9.17, 15) is 18.0 Å². The van der Waals surface area contributed by atoms with Gasteiger partial charge in [0.1, 0.15) is 0 Å². The maximum absolute atomic E-state index is 12.3. The molecule has 0 aromatic heterocycles. The van der Waals surface area contributed by atoms with Gasteiger partial charge in [-0.05, 0) is 24.3 Å². The third-order valence-electron chi connectivity index (χ3n) is 4.01. The van der Waals surface area contributed by atoms with Gasteiger partial charge in [-0.25, -0.2) is 17.9 Å². The second-order valence-electron chi connectivity index (χ2n) is 5.90. The number of amides is 2. The number of methoxy groups -OCH3 is 1. The molecule has 1 aliphatic heterocycles. The number of carbonyl (C=O) groups excluding carboxylic acids is 2. The lowest BCUT2D eigenvalue weighted by Gasteiger charge is -2.33. The van der Waals surface area contributed by atoms with Gasteiger partial charge in [-0.2, -0.15) is 0 Å². The van der Waals surface area contributed by atoms with Crippen LogP contribution in [0.5, 0.6) is 0 Å². The van der Waals surface area contributed by atoms with Crippen molar-refractivity contribution >= 4 is 27.7 Å². The van der Waals surface area contributed by atoms with Gasteiger partial charge in [0.15, 0.2) is 0 Å². The number of anilines is 1. The Hall–Kier alpha value is -2.17. The van der Waals surface area contributed by atoms with Crippen LogP contribution >= 0.6 is 0 Å². The predicted molar refractivity (Wildman–Crippen MR) is 96.4 cm³/mol. The summed E-state index contributed by atoms with van der Waals surface area (Å²) >= 11 is 0. The Labute approximate surface area is 153 Å². The zero-order valence-electron chi connectivity index (χ0n) is 14.9. The Kier molecular flexibility index (Phi) is 6.95. The molecule has 2 N–H and O–H groups in total. The number of ether oxygens (including phenoxy) is 1. The molecule has 1 heterocycles. The van der Waals surface area contributed by atoms with Crippen molar-refractivity contribution in [2.45, 2.75) is 11.8 Å². The maximum atomic E-state index is 12.3. The van der Waals surface area contributed by atoms with Crippen LogP contribution in [0.25, 0.3) is 0 Å². The lowest BCUT2D eigenvalue weighted by atomic mass is 10.3. The summed E-state index contributed by atoms with van der Waals surface area (Å²) in [4.78, 5) is 26.3. The second-order valence-corrected chi connectivity index (χ2v) is 7.67. The zero-order valence-corrected chi connectivity index (χ0v) is 15.7. The molecule has 0 saturated carbocycles. The fourth-order valence-electron chi connectivity index (χ4n) is 2.63. The molecule has 26 heavy (non-hydrogen) atoms. The van der Waals surface area contributed by atoms with Gasteiger partial charge in [-0.3, -0.25) is 9.69 Å². The molecule has 1 fully saturated rings. The number of carbonyl (C=O) groups is 2. The normalized spacial score (nSPS) is 15.5. The van der Waals surface area contributed by atoms with E-state index in [4.69, 9.17) is 0 Å². The average molecular weight is 384 g/mol. The molecule has 0 aliphatic carbocycles. The molecular weight excluding hydrogens is 360 g/mol. The first-order chi connectivity index (χ1) is 12.3. The van der Waals surface area contributed by atoms with E-state index < -0.39 is 10.0 Å². The minimum Gasteiger partial charge on any atom is -0.453 e. The Bertz CT molecular complexity index is 728. The van der Waals surface area contributed by atoms with Gasteiger partial charge in [0, 0.05) is 51.9 Å². The van der Waals surface area contributed by atoms with Gasteiger partial charge >= 0.3 is 6.09 Å². The van der Waals surface area contributed by atoms with E-state index in [1.165, 1.54) is 26.2 Å². The molecule has 0 spiro atoms. The summed E-state index contributed by atoms with van der Waals surface area (Å²) in [7, 11) is -2.26. The van der Waals surface area contributed by atoms with Crippen LogP contribution in [0.3, 0.4) is 0 Å². The summed E-state index contributed by atoms with van der Waals surface area (Å²) in [6, 6.07) is 5.98. The molecule has 9 nitrogen and oxygen atoms in total. The summed E-state index contributed by atoms with van der Waals surface area (Å²) in [6.45, 7) is 4.67. The molecule has 1 aromatic rings. The highest BCUT2D eigenvalue weighted by Crippen LogP contribution is 2.14. The minimum atomic E-state index is -3.61. The third-order valence-corrected chi connectivity index (χ3v) is 5.49. The minimum absolute atomic E-state index is 0.141. The molecule has 0 atom stereocenters. The van der Waals surface area contributed by atoms with Gasteiger partial charge < -0.3 is 15.0 Å². The molecule has 0 bridgehead atoms. The van der Waals surface area contributed by atoms with Crippen LogP contribution in [-0.2, 0) is 19.6 Å². The number of hydrogen-bond donors (Lipinski definition) is 2. The summed E-state index contributed by atoms with van der Waals surface area (Å²) in [5, 5.41) is 2.59. The van der Waals surface area contributed by atoms with Crippen LogP contribution < -0.4 is 10.0 Å². The van der Waals surface area contributed by atoms with Gasteiger partial charge in [0.05, 0.1) is 12.0 Å². The predicted octanol–water partition coefficient (Wildman–Crippen LogP) is 0.307. The molecule has 2 rings (SSSR count). The smallest absolute Gasteiger partial charge is 0.409 e. The highest BCUT2D eigenvalue weighted by molar-refractivity contribution is 7.89. The van der Waals surface area contributed by atoms with E-state index in [0.717, 1.165) is 0 Å². The molecule has 2 amide bonds. The standard InChI is InChI=1S/C16H24N4O5S/c1-13(21)18-14-3-5-15(6-4-14)26(23,24)17-7-8-19-9-11-20(12-10-19)16(22)25-2/h3-6,17H,7-12H2,1-2H3,(H,18,21). The van der Waals surface area contributed by atoms with Crippen molar-refractivity contribution in [3.8, 4) is 0 Å². The van der Waals surface area contributed by atoms with Crippen molar-refractivity contribution < 1.29 is 22.7 Å². The Balaban J connectivity index is 1.80. The number of nitrogens with one attached hydrogen (secondary N) is 2. The molecule has 0 radical (unpaired) electrons. The fourth-order valence-corrected chi connectivity index (χ4v) is 3.65. The van der Waals surface area contributed by atoms with Crippen LogP contribution in [-0.4, -0.2) is 76.6 Å². The first-order valence-electron chi connectivity index (χ1n) is 8.24. The Morgan fingerprint density at radius 2 is 1.73 bits per heavy atom. The lowest BCUT2D eigenvalue weighted by molar-refractivity contribution is -0.114. The molecule has 1 saturated heterocycles. The third kappa shape index (κ3) is 5.68. The van der Waals surface area contributed by atoms with Crippen LogP contribution in [0.2, 0.25) is 0 Å². The molecule has 144 valence electrons. The van der Waals surface area contributed by atoms with E-state index in [0.29, 0.717) is 38.4 Å². The summed E-state index contributed by atoms with van der Waals surface area (Å²) in [5.41, 5.74) is 0.542. The number of sulfonamides is 1. The molecule has 0 unspecified atom stereocenters. The van der Waals surface area contributed by atoms with Crippen LogP contribution in [0.15, 0.2) is 29.2 Å². The summed E-state index contributed by atoms with van der Waals surface area (Å²) in [6.07, 6.45) is -0.340. The van der Waals surface area contributed by atoms with Crippen molar-refractivity contribution in [3.05, 3.63) is 24.3 Å². The van der Waals surface area contributed by atoms with E-state index >= 15 is 0 Å². The van der Waals surface area contributed by atoms with Crippen molar-refractivity contribution in [3.63, 3.8) is 0 Å². The number of rotatable bonds is 6. The van der Waals surface area contributed by atoms with E-state index in [2.05, 4.69) is 19.7 Å². The Morgan fingerprint density at radius 3 is 2.27 bits per heavy atom. The highest BCUT2D eigenvalue weighted by Gasteiger charge is 2.21. The molecule has 1 aromatic carbocycles. The van der Waals surface area contributed by atoms with Crippen LogP contribution in [0.4, 0.5) is 10.5 Å². The topological polar surface area (TPSA) is 108 Å². The number of piperazine rings is 1. The Morgan fingerprint density at radius 1 is 1.12 bits per heavy atom. The number of hydrogen-bond acceptors (Lipinski definition) is 6. The first-order valence-corrected chi connectivity index (χ1v) is 9.73. The largest absolute Gasteiger partial charge is 0.453 e. The van der Waals surface area contributed by atoms with Crippen molar-refractivity contribution in [1.82, 2.24) is 14.5 Å². The van der Waals surface area contributed by atoms with E-state index in [-0.39, 0.29) is 23.4 Å². The van der Waals surface area contributed by atoms with E-state index in [1.54, 1.807) is 17.0 Å². The van der Waals surface area contributed by atoms with Gasteiger partial charge in [-0.15, -0.1) is 0 Å². The lowest BCUT2D eigenvalue weighted by Crippen LogP contribution is -2.50. The SMILES string of the molecule is COC(=O)N1CCN(CCNS(=O)(=O)c2ccc(NC(C)=O)cc2)CC1. The number of benzene rings is 1. The number of nitrogens with zero attached hydrogens (tertiary/aromatic N) is 2. The van der Waals surface area contributed by atoms with E-state index in [1.807, 2.05) is 0 Å². The zero-order chi connectivity index (χ0) is 19.2. The average Bonchev–Trinajstić information content (AvgIpc) is 2.61. The highest BCUT2D eigenvalue weighted by atomic mass is 32.2. The first kappa shape index (κ1) is 20.1. The van der Waals surface area contributed by atoms with Crippen molar-refractivity contribution in [1.29, 1.82) is 0 Å². The molecule has 1 aliphatic rings. The van der Waals surface area contributed by atoms with Crippen LogP contribution in [0, 0.1) is 0 Å². The van der Waals surface area contributed by atoms with Gasteiger partial charge in [0.2, 0.25) is 15.9 Å². The van der Waals surface area contributed by atoms with Gasteiger partial charge in [-0.1, -0.05) is 0 Å². The maximum Gasteiger partial charge on any atom is 0.409 e. The van der Waals surface area contributed by atoms with Crippen molar-refractivity contribution in [2.24, 2.45) is 0 Å². The summed E-state index contributed by atoms with van der Waals surface area (Å²) in [5.74, 6) is -0.217.